The predicted molar refractivity (Wildman–Crippen MR) is 36.7 cm³/mol. The topological polar surface area (TPSA) is 112 Å². The van der Waals surface area contributed by atoms with Gasteiger partial charge in [-0.2, -0.15) is 0 Å². The van der Waals surface area contributed by atoms with E-state index in [0.29, 0.717) is 0 Å². The Morgan fingerprint density at radius 1 is 0.900 bits per heavy atom. The van der Waals surface area contributed by atoms with Crippen LogP contribution in [0.1, 0.15) is 0 Å². The first-order chi connectivity index (χ1) is 2.00. The van der Waals surface area contributed by atoms with E-state index in [4.69, 9.17) is 19.2 Å². The first-order valence-corrected chi connectivity index (χ1v) is 2.68. The fourth-order valence-corrected chi connectivity index (χ4v) is 0. The summed E-state index contributed by atoms with van der Waals surface area (Å²) in [4.78, 5) is 29.3. The largest absolute Gasteiger partial charge is 0.668 e. The van der Waals surface area contributed by atoms with E-state index in [2.05, 4.69) is 0 Å². The maximum absolute atomic E-state index is 7.33. The quantitative estimate of drug-likeness (QED) is 0.333. The van der Waals surface area contributed by atoms with Crippen LogP contribution >= 0.6 is 0 Å². The average molecular weight is 292 g/mol. The Morgan fingerprint density at radius 2 is 0.900 bits per heavy atom. The Hall–Kier alpha value is 2.46. The third-order valence-corrected chi connectivity index (χ3v) is 0. The minimum absolute atomic E-state index is 0. The summed E-state index contributed by atoms with van der Waals surface area (Å²) in [6, 6.07) is 0. The van der Waals surface area contributed by atoms with Crippen LogP contribution in [0.5, 0.6) is 0 Å². The summed E-state index contributed by atoms with van der Waals surface area (Å²) in [7, 11) is -4.61. The summed E-state index contributed by atoms with van der Waals surface area (Å²) < 4.78 is 0. The zero-order chi connectivity index (χ0) is 4.50. The first kappa shape index (κ1) is 39.2. The molecule has 0 aliphatic heterocycles. The van der Waals surface area contributed by atoms with Crippen LogP contribution in [0.4, 0.5) is 0 Å². The van der Waals surface area contributed by atoms with Crippen LogP contribution in [0.3, 0.4) is 0 Å². The molecular weight excluding hydrogens is 281 g/mol. The van der Waals surface area contributed by atoms with Crippen LogP contribution in [0.25, 0.3) is 0 Å². The van der Waals surface area contributed by atoms with E-state index in [1.54, 1.807) is 0 Å². The van der Waals surface area contributed by atoms with E-state index in [1.165, 1.54) is 0 Å². The molecule has 0 radical (unpaired) electrons. The second-order valence-electron chi connectivity index (χ2n) is 0.600. The fourth-order valence-electron chi connectivity index (χ4n) is 0. The molecule has 0 aromatic carbocycles. The summed E-state index contributed by atoms with van der Waals surface area (Å²) in [5.74, 6) is 0. The monoisotopic (exact) mass is 290 g/mol. The molecule has 10 heavy (non-hydrogen) atoms. The number of rotatable bonds is 0. The van der Waals surface area contributed by atoms with Gasteiger partial charge in [-0.05, 0) is 0 Å². The van der Waals surface area contributed by atoms with E-state index in [0.717, 1.165) is 0 Å². The minimum Gasteiger partial charge on any atom is -0.412 e. The van der Waals surface area contributed by atoms with Gasteiger partial charge in [-0.15, -0.1) is 0 Å². The van der Waals surface area contributed by atoms with Crippen molar-refractivity contribution >= 4 is 49.5 Å². The van der Waals surface area contributed by atoms with Crippen molar-refractivity contribution in [3.05, 3.63) is 0 Å². The van der Waals surface area contributed by atoms with Crippen LogP contribution in [-0.2, 0) is 36.5 Å². The standard InChI is InChI=1S/Al.Fe.Mg.H4O4Si.H2O.Zn.5H/c;;;1-5(2,3)4;;;;;;;/h;;;1-4H;1H2;;;;;;. The van der Waals surface area contributed by atoms with Crippen molar-refractivity contribution in [2.75, 3.05) is 0 Å². The van der Waals surface area contributed by atoms with Crippen LogP contribution in [0, 0.1) is 0 Å². The molecule has 0 saturated heterocycles. The van der Waals surface area contributed by atoms with Crippen molar-refractivity contribution in [1.29, 1.82) is 0 Å². The molecule has 0 aliphatic rings. The van der Waals surface area contributed by atoms with E-state index in [-0.39, 0.29) is 82.4 Å². The molecule has 0 saturated carbocycles. The van der Waals surface area contributed by atoms with Crippen molar-refractivity contribution < 1.29 is 61.2 Å². The van der Waals surface area contributed by atoms with Gasteiger partial charge in [-0.3, -0.25) is 0 Å². The molecule has 10 heteroatoms. The Bertz CT molecular complexity index is 37.1. The number of hydrogen-bond acceptors (Lipinski definition) is 4. The molecule has 0 aliphatic carbocycles. The van der Waals surface area contributed by atoms with E-state index in [1.807, 2.05) is 0 Å². The molecule has 0 bridgehead atoms. The molecule has 0 fully saturated rings. The van der Waals surface area contributed by atoms with Crippen LogP contribution in [0.15, 0.2) is 0 Å². The summed E-state index contributed by atoms with van der Waals surface area (Å²) in [6.07, 6.45) is 0. The minimum atomic E-state index is -4.61. The molecule has 0 amide bonds. The van der Waals surface area contributed by atoms with Gasteiger partial charge >= 0.3 is 32.1 Å². The summed E-state index contributed by atoms with van der Waals surface area (Å²) in [5, 5.41) is 0. The van der Waals surface area contributed by atoms with Gasteiger partial charge in [-0.25, -0.2) is 0 Å². The molecular formula is H11AlFeMgO5SiZn. The average Bonchev–Trinajstić information content (AvgIpc) is 0.722. The van der Waals surface area contributed by atoms with Gasteiger partial charge in [0.05, 0.1) is 0 Å². The SMILES string of the molecule is O.O[Si](O)(O)O.[AlH3].[Fe].[MgH2].[Zn]. The Balaban J connectivity index is -0.00000000800. The summed E-state index contributed by atoms with van der Waals surface area (Å²) >= 11 is 0. The van der Waals surface area contributed by atoms with Crippen molar-refractivity contribution in [3.63, 3.8) is 0 Å². The summed E-state index contributed by atoms with van der Waals surface area (Å²) in [6.45, 7) is 0. The smallest absolute Gasteiger partial charge is 0.412 e. The summed E-state index contributed by atoms with van der Waals surface area (Å²) in [5.41, 5.74) is 0. The fraction of sp³-hybridized carbons (Fsp3) is 0. The van der Waals surface area contributed by atoms with Crippen molar-refractivity contribution in [3.8, 4) is 0 Å². The first-order valence-electron chi connectivity index (χ1n) is 0.894. The predicted octanol–water partition coefficient (Wildman–Crippen LogP) is -5.54. The second kappa shape index (κ2) is 17.5. The molecule has 0 atom stereocenters. The zero-order valence-electron chi connectivity index (χ0n) is 3.85. The van der Waals surface area contributed by atoms with Crippen molar-refractivity contribution in [2.45, 2.75) is 0 Å². The van der Waals surface area contributed by atoms with Crippen LogP contribution < -0.4 is 0 Å². The van der Waals surface area contributed by atoms with Gasteiger partial charge in [0.25, 0.3) is 0 Å². The molecule has 6 N–H and O–H groups in total. The second-order valence-corrected chi connectivity index (χ2v) is 1.80. The van der Waals surface area contributed by atoms with Crippen molar-refractivity contribution in [2.24, 2.45) is 0 Å². The van der Waals surface area contributed by atoms with Gasteiger partial charge in [0.2, 0.25) is 0 Å². The van der Waals surface area contributed by atoms with E-state index >= 15 is 0 Å². The van der Waals surface area contributed by atoms with E-state index < -0.39 is 9.05 Å². The van der Waals surface area contributed by atoms with Crippen LogP contribution in [0.2, 0.25) is 0 Å². The Morgan fingerprint density at radius 3 is 0.900 bits per heavy atom. The van der Waals surface area contributed by atoms with Gasteiger partial charge in [0, 0.05) is 36.5 Å². The third-order valence-electron chi connectivity index (χ3n) is 0. The molecule has 0 aromatic rings. The van der Waals surface area contributed by atoms with Gasteiger partial charge in [0.1, 0.15) is 0 Å². The molecule has 0 unspecified atom stereocenters. The Kier molecular flexibility index (Phi) is 68.7. The van der Waals surface area contributed by atoms with Gasteiger partial charge in [-0.1, -0.05) is 0 Å². The maximum atomic E-state index is 7.33. The van der Waals surface area contributed by atoms with Gasteiger partial charge < -0.3 is 24.7 Å². The zero-order valence-corrected chi connectivity index (χ0v) is 8.92. The van der Waals surface area contributed by atoms with Gasteiger partial charge in [0.15, 0.2) is 17.4 Å². The maximum Gasteiger partial charge on any atom is 0.668 e. The third kappa shape index (κ3) is 155. The molecule has 0 rings (SSSR count). The Labute approximate surface area is 110 Å². The molecule has 60 valence electrons. The number of hydrogen-bond donors (Lipinski definition) is 4. The van der Waals surface area contributed by atoms with E-state index in [9.17, 15) is 0 Å². The molecule has 0 aromatic heterocycles. The van der Waals surface area contributed by atoms with Crippen LogP contribution in [-0.4, -0.2) is 74.1 Å². The normalized spacial score (nSPS) is 6.00. The van der Waals surface area contributed by atoms with Crippen molar-refractivity contribution in [1.82, 2.24) is 0 Å². The molecule has 0 heterocycles. The molecule has 5 nitrogen and oxygen atoms in total. The molecule has 0 spiro atoms.